The first kappa shape index (κ1) is 20.0. The van der Waals surface area contributed by atoms with Crippen molar-refractivity contribution in [1.29, 1.82) is 0 Å². The summed E-state index contributed by atoms with van der Waals surface area (Å²) in [5, 5.41) is 2.88. The van der Waals surface area contributed by atoms with E-state index in [0.29, 0.717) is 12.2 Å². The molecule has 0 spiro atoms. The van der Waals surface area contributed by atoms with Crippen molar-refractivity contribution in [3.8, 4) is 0 Å². The fraction of sp³-hybridized carbons (Fsp3) is 0.350. The van der Waals surface area contributed by atoms with Gasteiger partial charge in [-0.25, -0.2) is 8.42 Å². The third kappa shape index (κ3) is 5.33. The molecular weight excluding hydrogens is 348 g/mol. The number of carbonyl (C=O) groups is 1. The summed E-state index contributed by atoms with van der Waals surface area (Å²) in [5.74, 6) is -0.113. The average molecular weight is 375 g/mol. The summed E-state index contributed by atoms with van der Waals surface area (Å²) in [5.41, 5.74) is 2.50. The number of hydrogen-bond donors (Lipinski definition) is 1. The summed E-state index contributed by atoms with van der Waals surface area (Å²) in [6.45, 7) is 4.15. The molecule has 140 valence electrons. The van der Waals surface area contributed by atoms with Crippen LogP contribution in [0.1, 0.15) is 30.4 Å². The average Bonchev–Trinajstić information content (AvgIpc) is 2.61. The molecule has 0 unspecified atom stereocenters. The van der Waals surface area contributed by atoms with Gasteiger partial charge in [-0.15, -0.1) is 0 Å². The van der Waals surface area contributed by atoms with Crippen molar-refractivity contribution in [1.82, 2.24) is 5.32 Å². The Labute approximate surface area is 156 Å². The van der Waals surface area contributed by atoms with Crippen LogP contribution in [-0.4, -0.2) is 33.7 Å². The molecule has 0 bridgehead atoms. The van der Waals surface area contributed by atoms with Crippen molar-refractivity contribution < 1.29 is 13.2 Å². The van der Waals surface area contributed by atoms with Gasteiger partial charge in [-0.3, -0.25) is 9.10 Å². The molecule has 1 N–H and O–H groups in total. The van der Waals surface area contributed by atoms with Crippen LogP contribution in [-0.2, 0) is 14.8 Å². The minimum atomic E-state index is -3.56. The standard InChI is InChI=1S/C20H26N2O3S/c1-4-17(18-11-6-5-7-12-18)14-21-20(23)15-22(26(3,24)25)19-13-9-8-10-16(19)2/h5-13,17H,4,14-15H2,1-3H3,(H,21,23)/t17-/m0/s1. The molecule has 2 rings (SSSR count). The van der Waals surface area contributed by atoms with Crippen molar-refractivity contribution in [2.45, 2.75) is 26.2 Å². The minimum absolute atomic E-state index is 0.199. The highest BCUT2D eigenvalue weighted by atomic mass is 32.2. The number of nitrogens with zero attached hydrogens (tertiary/aromatic N) is 1. The van der Waals surface area contributed by atoms with E-state index < -0.39 is 10.0 Å². The second-order valence-electron chi connectivity index (χ2n) is 6.38. The molecule has 0 heterocycles. The molecule has 0 radical (unpaired) electrons. The van der Waals surface area contributed by atoms with Crippen LogP contribution < -0.4 is 9.62 Å². The molecule has 1 amide bonds. The zero-order chi connectivity index (χ0) is 19.2. The zero-order valence-corrected chi connectivity index (χ0v) is 16.3. The SMILES string of the molecule is CC[C@@H](CNC(=O)CN(c1ccccc1C)S(C)(=O)=O)c1ccccc1. The number of benzene rings is 2. The van der Waals surface area contributed by atoms with Crippen LogP contribution in [0.5, 0.6) is 0 Å². The molecule has 0 saturated carbocycles. The molecule has 5 nitrogen and oxygen atoms in total. The summed E-state index contributed by atoms with van der Waals surface area (Å²) in [6, 6.07) is 17.1. The number of carbonyl (C=O) groups excluding carboxylic acids is 1. The smallest absolute Gasteiger partial charge is 0.240 e. The number of para-hydroxylation sites is 1. The highest BCUT2D eigenvalue weighted by Gasteiger charge is 2.22. The van der Waals surface area contributed by atoms with Gasteiger partial charge in [0.25, 0.3) is 0 Å². The van der Waals surface area contributed by atoms with Gasteiger partial charge in [0.1, 0.15) is 6.54 Å². The summed E-state index contributed by atoms with van der Waals surface area (Å²) in [6.07, 6.45) is 2.00. The van der Waals surface area contributed by atoms with E-state index in [-0.39, 0.29) is 18.4 Å². The number of hydrogen-bond acceptors (Lipinski definition) is 3. The third-order valence-electron chi connectivity index (χ3n) is 4.38. The zero-order valence-electron chi connectivity index (χ0n) is 15.5. The second-order valence-corrected chi connectivity index (χ2v) is 8.28. The van der Waals surface area contributed by atoms with E-state index >= 15 is 0 Å². The summed E-state index contributed by atoms with van der Waals surface area (Å²) in [4.78, 5) is 12.4. The van der Waals surface area contributed by atoms with Crippen LogP contribution in [0.25, 0.3) is 0 Å². The molecule has 26 heavy (non-hydrogen) atoms. The van der Waals surface area contributed by atoms with Crippen molar-refractivity contribution in [3.63, 3.8) is 0 Å². The van der Waals surface area contributed by atoms with Gasteiger partial charge in [-0.2, -0.15) is 0 Å². The second kappa shape index (κ2) is 8.85. The maximum absolute atomic E-state index is 12.4. The number of anilines is 1. The van der Waals surface area contributed by atoms with E-state index in [4.69, 9.17) is 0 Å². The summed E-state index contributed by atoms with van der Waals surface area (Å²) < 4.78 is 25.5. The Hall–Kier alpha value is -2.34. The number of rotatable bonds is 8. The lowest BCUT2D eigenvalue weighted by Gasteiger charge is -2.24. The van der Waals surface area contributed by atoms with Crippen LogP contribution in [0.3, 0.4) is 0 Å². The van der Waals surface area contributed by atoms with E-state index in [1.54, 1.807) is 12.1 Å². The molecule has 0 aliphatic rings. The number of sulfonamides is 1. The van der Waals surface area contributed by atoms with Gasteiger partial charge < -0.3 is 5.32 Å². The Kier molecular flexibility index (Phi) is 6.80. The van der Waals surface area contributed by atoms with Crippen LogP contribution in [0.15, 0.2) is 54.6 Å². The lowest BCUT2D eigenvalue weighted by molar-refractivity contribution is -0.119. The first-order valence-corrected chi connectivity index (χ1v) is 10.5. The van der Waals surface area contributed by atoms with E-state index in [0.717, 1.165) is 28.1 Å². The van der Waals surface area contributed by atoms with E-state index in [2.05, 4.69) is 12.2 Å². The van der Waals surface area contributed by atoms with E-state index in [1.165, 1.54) is 0 Å². The molecule has 6 heteroatoms. The Morgan fingerprint density at radius 3 is 2.27 bits per heavy atom. The van der Waals surface area contributed by atoms with Crippen LogP contribution in [0.4, 0.5) is 5.69 Å². The highest BCUT2D eigenvalue weighted by Crippen LogP contribution is 2.22. The summed E-state index contributed by atoms with van der Waals surface area (Å²) >= 11 is 0. The minimum Gasteiger partial charge on any atom is -0.354 e. The molecular formula is C20H26N2O3S. The van der Waals surface area contributed by atoms with Crippen molar-refractivity contribution in [2.75, 3.05) is 23.7 Å². The van der Waals surface area contributed by atoms with Crippen LogP contribution >= 0.6 is 0 Å². The fourth-order valence-electron chi connectivity index (χ4n) is 2.87. The van der Waals surface area contributed by atoms with Crippen molar-refractivity contribution >= 4 is 21.6 Å². The Morgan fingerprint density at radius 2 is 1.69 bits per heavy atom. The van der Waals surface area contributed by atoms with Crippen molar-refractivity contribution in [3.05, 3.63) is 65.7 Å². The van der Waals surface area contributed by atoms with Crippen molar-refractivity contribution in [2.24, 2.45) is 0 Å². The molecule has 2 aromatic rings. The summed E-state index contributed by atoms with van der Waals surface area (Å²) in [7, 11) is -3.56. The Balaban J connectivity index is 2.07. The van der Waals surface area contributed by atoms with Gasteiger partial charge in [0, 0.05) is 12.5 Å². The van der Waals surface area contributed by atoms with Gasteiger partial charge in [0.2, 0.25) is 15.9 Å². The maximum atomic E-state index is 12.4. The largest absolute Gasteiger partial charge is 0.354 e. The van der Waals surface area contributed by atoms with Crippen LogP contribution in [0, 0.1) is 6.92 Å². The normalized spacial score (nSPS) is 12.4. The topological polar surface area (TPSA) is 66.5 Å². The van der Waals surface area contributed by atoms with Gasteiger partial charge >= 0.3 is 0 Å². The van der Waals surface area contributed by atoms with Gasteiger partial charge in [0.15, 0.2) is 0 Å². The number of amides is 1. The van der Waals surface area contributed by atoms with E-state index in [9.17, 15) is 13.2 Å². The molecule has 1 atom stereocenters. The van der Waals surface area contributed by atoms with E-state index in [1.807, 2.05) is 49.4 Å². The van der Waals surface area contributed by atoms with Gasteiger partial charge in [0.05, 0.1) is 11.9 Å². The third-order valence-corrected chi connectivity index (χ3v) is 5.51. The highest BCUT2D eigenvalue weighted by molar-refractivity contribution is 7.92. The monoisotopic (exact) mass is 374 g/mol. The predicted octanol–water partition coefficient (Wildman–Crippen LogP) is 3.07. The maximum Gasteiger partial charge on any atom is 0.240 e. The Bertz CT molecular complexity index is 835. The lowest BCUT2D eigenvalue weighted by Crippen LogP contribution is -2.41. The first-order chi connectivity index (χ1) is 12.3. The lowest BCUT2D eigenvalue weighted by atomic mass is 9.96. The predicted molar refractivity (Wildman–Crippen MR) is 106 cm³/mol. The fourth-order valence-corrected chi connectivity index (χ4v) is 3.78. The quantitative estimate of drug-likeness (QED) is 0.772. The van der Waals surface area contributed by atoms with Crippen LogP contribution in [0.2, 0.25) is 0 Å². The van der Waals surface area contributed by atoms with Gasteiger partial charge in [-0.05, 0) is 30.5 Å². The van der Waals surface area contributed by atoms with Gasteiger partial charge in [-0.1, -0.05) is 55.5 Å². The number of nitrogens with one attached hydrogen (secondary N) is 1. The molecule has 0 fully saturated rings. The molecule has 0 aliphatic heterocycles. The Morgan fingerprint density at radius 1 is 1.08 bits per heavy atom. The molecule has 2 aromatic carbocycles. The number of aryl methyl sites for hydroxylation is 1. The molecule has 0 aromatic heterocycles. The first-order valence-electron chi connectivity index (χ1n) is 8.68. The molecule has 0 saturated heterocycles. The molecule has 0 aliphatic carbocycles.